The molecular weight excluding hydrogens is 316 g/mol. The van der Waals surface area contributed by atoms with Crippen LogP contribution in [0.3, 0.4) is 0 Å². The van der Waals surface area contributed by atoms with E-state index in [4.69, 9.17) is 4.74 Å². The summed E-state index contributed by atoms with van der Waals surface area (Å²) in [4.78, 5) is 14.7. The molecule has 5 heteroatoms. The smallest absolute Gasteiger partial charge is 0.234 e. The van der Waals surface area contributed by atoms with Gasteiger partial charge < -0.3 is 15.2 Å². The summed E-state index contributed by atoms with van der Waals surface area (Å²) in [7, 11) is 1.66. The van der Waals surface area contributed by atoms with Gasteiger partial charge in [-0.1, -0.05) is 12.1 Å². The van der Waals surface area contributed by atoms with Crippen LogP contribution in [0.15, 0.2) is 24.3 Å². The lowest BCUT2D eigenvalue weighted by Crippen LogP contribution is -2.49. The fourth-order valence-electron chi connectivity index (χ4n) is 3.39. The Balaban J connectivity index is 2.09. The number of methoxy groups -OCH3 is 1. The summed E-state index contributed by atoms with van der Waals surface area (Å²) in [6.45, 7) is 7.06. The van der Waals surface area contributed by atoms with Gasteiger partial charge in [0.1, 0.15) is 5.75 Å². The monoisotopic (exact) mass is 348 g/mol. The second kappa shape index (κ2) is 8.68. The third-order valence-electron chi connectivity index (χ3n) is 4.56. The van der Waals surface area contributed by atoms with Gasteiger partial charge in [-0.15, -0.1) is 0 Å². The Bertz CT molecular complexity index is 560. The number of hydrogen-bond donors (Lipinski definition) is 2. The summed E-state index contributed by atoms with van der Waals surface area (Å²) in [6, 6.07) is 8.31. The van der Waals surface area contributed by atoms with Crippen molar-refractivity contribution in [1.29, 1.82) is 0 Å². The number of nitrogens with zero attached hydrogens (tertiary/aromatic N) is 1. The van der Waals surface area contributed by atoms with Gasteiger partial charge in [-0.3, -0.25) is 9.69 Å². The largest absolute Gasteiger partial charge is 0.497 e. The van der Waals surface area contributed by atoms with Crippen molar-refractivity contribution in [3.05, 3.63) is 29.8 Å². The predicted molar refractivity (Wildman–Crippen MR) is 99.6 cm³/mol. The van der Waals surface area contributed by atoms with E-state index in [0.29, 0.717) is 19.1 Å². The average molecular weight is 348 g/mol. The van der Waals surface area contributed by atoms with Crippen molar-refractivity contribution in [1.82, 2.24) is 10.2 Å². The molecule has 1 aromatic rings. The Labute approximate surface area is 151 Å². The van der Waals surface area contributed by atoms with Crippen molar-refractivity contribution >= 4 is 5.91 Å². The molecule has 0 spiro atoms. The van der Waals surface area contributed by atoms with Crippen LogP contribution in [0.1, 0.15) is 52.0 Å². The number of nitrogens with one attached hydrogen (secondary N) is 1. The van der Waals surface area contributed by atoms with E-state index in [2.05, 4.69) is 16.3 Å². The maximum Gasteiger partial charge on any atom is 0.234 e. The maximum atomic E-state index is 12.5. The van der Waals surface area contributed by atoms with E-state index < -0.39 is 0 Å². The minimum atomic E-state index is -0.235. The van der Waals surface area contributed by atoms with Gasteiger partial charge in [0.15, 0.2) is 0 Å². The molecule has 1 aromatic carbocycles. The van der Waals surface area contributed by atoms with Crippen LogP contribution in [0.25, 0.3) is 0 Å². The number of carbonyl (C=O) groups excluding carboxylic acids is 1. The number of carbonyl (C=O) groups is 1. The van der Waals surface area contributed by atoms with Crippen LogP contribution in [0.4, 0.5) is 0 Å². The van der Waals surface area contributed by atoms with Gasteiger partial charge in [0.25, 0.3) is 0 Å². The standard InChI is InChI=1S/C20H32N2O3/c1-20(2,3)21-19(24)14-22(16-8-10-17(23)11-9-16)13-15-6-5-7-18(12-15)25-4/h5-7,12,16-17,23H,8-11,13-14H2,1-4H3,(H,21,24). The van der Waals surface area contributed by atoms with Crippen LogP contribution in [0, 0.1) is 0 Å². The van der Waals surface area contributed by atoms with Gasteiger partial charge in [-0.05, 0) is 64.2 Å². The van der Waals surface area contributed by atoms with Crippen LogP contribution in [-0.2, 0) is 11.3 Å². The molecule has 25 heavy (non-hydrogen) atoms. The first-order valence-corrected chi connectivity index (χ1v) is 9.13. The summed E-state index contributed by atoms with van der Waals surface area (Å²) >= 11 is 0. The molecule has 0 heterocycles. The van der Waals surface area contributed by atoms with Gasteiger partial charge in [0.05, 0.1) is 19.8 Å². The summed E-state index contributed by atoms with van der Waals surface area (Å²) in [6.07, 6.45) is 3.26. The second-order valence-electron chi connectivity index (χ2n) is 8.02. The first kappa shape index (κ1) is 19.7. The first-order valence-electron chi connectivity index (χ1n) is 9.13. The number of aliphatic hydroxyl groups is 1. The molecule has 0 aromatic heterocycles. The van der Waals surface area contributed by atoms with E-state index in [1.807, 2.05) is 39.0 Å². The minimum absolute atomic E-state index is 0.0431. The summed E-state index contributed by atoms with van der Waals surface area (Å²) in [5.74, 6) is 0.872. The number of ether oxygens (including phenoxy) is 1. The maximum absolute atomic E-state index is 12.5. The molecule has 0 radical (unpaired) electrons. The summed E-state index contributed by atoms with van der Waals surface area (Å²) < 4.78 is 5.31. The van der Waals surface area contributed by atoms with Crippen LogP contribution in [-0.4, -0.2) is 47.3 Å². The first-order chi connectivity index (χ1) is 11.8. The highest BCUT2D eigenvalue weighted by atomic mass is 16.5. The molecule has 1 amide bonds. The van der Waals surface area contributed by atoms with Crippen LogP contribution < -0.4 is 10.1 Å². The quantitative estimate of drug-likeness (QED) is 0.830. The normalized spacial score (nSPS) is 21.2. The molecule has 0 saturated heterocycles. The zero-order chi connectivity index (χ0) is 18.4. The topological polar surface area (TPSA) is 61.8 Å². The van der Waals surface area contributed by atoms with Crippen molar-refractivity contribution in [2.45, 2.75) is 70.7 Å². The third kappa shape index (κ3) is 6.67. The zero-order valence-corrected chi connectivity index (χ0v) is 15.9. The molecule has 5 nitrogen and oxygen atoms in total. The number of benzene rings is 1. The molecule has 1 aliphatic carbocycles. The van der Waals surface area contributed by atoms with E-state index in [0.717, 1.165) is 37.0 Å². The lowest BCUT2D eigenvalue weighted by atomic mass is 9.91. The van der Waals surface area contributed by atoms with Crippen LogP contribution >= 0.6 is 0 Å². The van der Waals surface area contributed by atoms with Crippen molar-refractivity contribution in [3.63, 3.8) is 0 Å². The highest BCUT2D eigenvalue weighted by Gasteiger charge is 2.27. The minimum Gasteiger partial charge on any atom is -0.497 e. The highest BCUT2D eigenvalue weighted by Crippen LogP contribution is 2.25. The van der Waals surface area contributed by atoms with Crippen LogP contribution in [0.5, 0.6) is 5.75 Å². The molecule has 2 N–H and O–H groups in total. The Morgan fingerprint density at radius 3 is 2.56 bits per heavy atom. The van der Waals surface area contributed by atoms with Gasteiger partial charge in [-0.2, -0.15) is 0 Å². The van der Waals surface area contributed by atoms with E-state index in [1.165, 1.54) is 0 Å². The fourth-order valence-corrected chi connectivity index (χ4v) is 3.39. The van der Waals surface area contributed by atoms with Gasteiger partial charge in [0.2, 0.25) is 5.91 Å². The fraction of sp³-hybridized carbons (Fsp3) is 0.650. The summed E-state index contributed by atoms with van der Waals surface area (Å²) in [5, 5.41) is 12.8. The van der Waals surface area contributed by atoms with E-state index >= 15 is 0 Å². The molecule has 1 aliphatic rings. The lowest BCUT2D eigenvalue weighted by molar-refractivity contribution is -0.124. The molecule has 2 rings (SSSR count). The SMILES string of the molecule is COc1cccc(CN(CC(=O)NC(C)(C)C)C2CCC(O)CC2)c1. The van der Waals surface area contributed by atoms with Crippen LogP contribution in [0.2, 0.25) is 0 Å². The number of amides is 1. The van der Waals surface area contributed by atoms with Crippen molar-refractivity contribution in [2.24, 2.45) is 0 Å². The summed E-state index contributed by atoms with van der Waals surface area (Å²) in [5.41, 5.74) is 0.899. The molecule has 0 unspecified atom stereocenters. The lowest BCUT2D eigenvalue weighted by Gasteiger charge is -2.36. The van der Waals surface area contributed by atoms with E-state index in [-0.39, 0.29) is 17.6 Å². The molecule has 1 saturated carbocycles. The van der Waals surface area contributed by atoms with Crippen molar-refractivity contribution < 1.29 is 14.6 Å². The Hall–Kier alpha value is -1.59. The van der Waals surface area contributed by atoms with Gasteiger partial charge in [-0.25, -0.2) is 0 Å². The van der Waals surface area contributed by atoms with Crippen molar-refractivity contribution in [2.75, 3.05) is 13.7 Å². The highest BCUT2D eigenvalue weighted by molar-refractivity contribution is 5.78. The number of hydrogen-bond acceptors (Lipinski definition) is 4. The average Bonchev–Trinajstić information content (AvgIpc) is 2.53. The third-order valence-corrected chi connectivity index (χ3v) is 4.56. The Morgan fingerprint density at radius 1 is 1.28 bits per heavy atom. The molecule has 0 aliphatic heterocycles. The van der Waals surface area contributed by atoms with Crippen molar-refractivity contribution in [3.8, 4) is 5.75 Å². The number of aliphatic hydroxyl groups excluding tert-OH is 1. The molecule has 140 valence electrons. The Kier molecular flexibility index (Phi) is 6.85. The molecule has 1 fully saturated rings. The van der Waals surface area contributed by atoms with Gasteiger partial charge >= 0.3 is 0 Å². The predicted octanol–water partition coefficient (Wildman–Crippen LogP) is 2.72. The van der Waals surface area contributed by atoms with Gasteiger partial charge in [0, 0.05) is 18.1 Å². The van der Waals surface area contributed by atoms with E-state index in [9.17, 15) is 9.90 Å². The molecule has 0 atom stereocenters. The second-order valence-corrected chi connectivity index (χ2v) is 8.02. The molecule has 0 bridgehead atoms. The van der Waals surface area contributed by atoms with E-state index in [1.54, 1.807) is 7.11 Å². The zero-order valence-electron chi connectivity index (χ0n) is 15.9. The molecular formula is C20H32N2O3. The number of rotatable bonds is 6. The Morgan fingerprint density at radius 2 is 1.96 bits per heavy atom.